The van der Waals surface area contributed by atoms with Gasteiger partial charge in [0.25, 0.3) is 0 Å². The van der Waals surface area contributed by atoms with Gasteiger partial charge in [0.15, 0.2) is 4.34 Å². The SMILES string of the molecule is COCCNC(=O)CSc1nnc(Nc2cccc(Cl)c2)s1. The number of nitrogens with one attached hydrogen (secondary N) is 2. The van der Waals surface area contributed by atoms with Gasteiger partial charge in [-0.25, -0.2) is 0 Å². The lowest BCUT2D eigenvalue weighted by atomic mass is 10.3. The van der Waals surface area contributed by atoms with Crippen molar-refractivity contribution < 1.29 is 9.53 Å². The molecule has 0 aliphatic rings. The second-order valence-corrected chi connectivity index (χ2v) is 6.78. The summed E-state index contributed by atoms with van der Waals surface area (Å²) in [5.41, 5.74) is 0.845. The fraction of sp³-hybridized carbons (Fsp3) is 0.308. The Balaban J connectivity index is 1.80. The molecule has 2 N–H and O–H groups in total. The summed E-state index contributed by atoms with van der Waals surface area (Å²) in [7, 11) is 1.59. The van der Waals surface area contributed by atoms with Crippen molar-refractivity contribution >= 4 is 51.4 Å². The van der Waals surface area contributed by atoms with E-state index in [2.05, 4.69) is 20.8 Å². The Morgan fingerprint density at radius 1 is 1.45 bits per heavy atom. The van der Waals surface area contributed by atoms with Crippen LogP contribution in [0.2, 0.25) is 5.02 Å². The second-order valence-electron chi connectivity index (χ2n) is 4.14. The molecule has 0 saturated heterocycles. The maximum Gasteiger partial charge on any atom is 0.230 e. The number of amides is 1. The summed E-state index contributed by atoms with van der Waals surface area (Å²) in [6.07, 6.45) is 0. The molecule has 0 radical (unpaired) electrons. The van der Waals surface area contributed by atoms with E-state index in [4.69, 9.17) is 16.3 Å². The number of nitrogens with zero attached hydrogens (tertiary/aromatic N) is 2. The Kier molecular flexibility index (Phi) is 6.91. The van der Waals surface area contributed by atoms with E-state index in [-0.39, 0.29) is 5.91 Å². The maximum absolute atomic E-state index is 11.6. The van der Waals surface area contributed by atoms with Crippen LogP contribution in [0.25, 0.3) is 0 Å². The molecule has 2 rings (SSSR count). The number of methoxy groups -OCH3 is 1. The molecule has 118 valence electrons. The monoisotopic (exact) mass is 358 g/mol. The van der Waals surface area contributed by atoms with Crippen LogP contribution >= 0.6 is 34.7 Å². The molecule has 0 saturated carbocycles. The highest BCUT2D eigenvalue weighted by Gasteiger charge is 2.08. The van der Waals surface area contributed by atoms with Gasteiger partial charge in [-0.3, -0.25) is 4.79 Å². The van der Waals surface area contributed by atoms with E-state index in [0.29, 0.717) is 29.1 Å². The minimum Gasteiger partial charge on any atom is -0.383 e. The molecule has 0 unspecified atom stereocenters. The van der Waals surface area contributed by atoms with E-state index in [1.807, 2.05) is 12.1 Å². The van der Waals surface area contributed by atoms with Crippen LogP contribution in [0.3, 0.4) is 0 Å². The largest absolute Gasteiger partial charge is 0.383 e. The van der Waals surface area contributed by atoms with E-state index in [9.17, 15) is 4.79 Å². The molecule has 9 heteroatoms. The van der Waals surface area contributed by atoms with E-state index in [1.54, 1.807) is 19.2 Å². The number of carbonyl (C=O) groups excluding carboxylic acids is 1. The highest BCUT2D eigenvalue weighted by atomic mass is 35.5. The van der Waals surface area contributed by atoms with Crippen LogP contribution in [0.1, 0.15) is 0 Å². The number of hydrogen-bond donors (Lipinski definition) is 2. The van der Waals surface area contributed by atoms with Crippen LogP contribution in [0, 0.1) is 0 Å². The predicted octanol–water partition coefficient (Wildman–Crippen LogP) is 2.79. The summed E-state index contributed by atoms with van der Waals surface area (Å²) >= 11 is 8.66. The van der Waals surface area contributed by atoms with Crippen molar-refractivity contribution in [2.75, 3.05) is 31.3 Å². The normalized spacial score (nSPS) is 10.5. The number of ether oxygens (including phenoxy) is 1. The number of aromatic nitrogens is 2. The Morgan fingerprint density at radius 3 is 3.09 bits per heavy atom. The lowest BCUT2D eigenvalue weighted by molar-refractivity contribution is -0.118. The second kappa shape index (κ2) is 8.94. The third kappa shape index (κ3) is 5.80. The first-order valence-electron chi connectivity index (χ1n) is 6.42. The molecule has 22 heavy (non-hydrogen) atoms. The zero-order chi connectivity index (χ0) is 15.8. The van der Waals surface area contributed by atoms with Gasteiger partial charge in [-0.1, -0.05) is 40.8 Å². The fourth-order valence-corrected chi connectivity index (χ4v) is 3.27. The Hall–Kier alpha value is -1.35. The van der Waals surface area contributed by atoms with Crippen molar-refractivity contribution in [3.8, 4) is 0 Å². The van der Waals surface area contributed by atoms with Crippen LogP contribution < -0.4 is 10.6 Å². The number of anilines is 2. The summed E-state index contributed by atoms with van der Waals surface area (Å²) < 4.78 is 5.59. The quantitative estimate of drug-likeness (QED) is 0.558. The Labute approximate surface area is 141 Å². The molecule has 1 heterocycles. The van der Waals surface area contributed by atoms with Gasteiger partial charge in [0.05, 0.1) is 12.4 Å². The van der Waals surface area contributed by atoms with Crippen LogP contribution in [0.15, 0.2) is 28.6 Å². The van der Waals surface area contributed by atoms with E-state index < -0.39 is 0 Å². The van der Waals surface area contributed by atoms with Crippen molar-refractivity contribution in [3.63, 3.8) is 0 Å². The van der Waals surface area contributed by atoms with Gasteiger partial charge < -0.3 is 15.4 Å². The number of benzene rings is 1. The molecule has 0 bridgehead atoms. The van der Waals surface area contributed by atoms with Gasteiger partial charge >= 0.3 is 0 Å². The number of rotatable bonds is 8. The van der Waals surface area contributed by atoms with E-state index in [0.717, 1.165) is 10.0 Å². The topological polar surface area (TPSA) is 76.1 Å². The third-order valence-corrected chi connectivity index (χ3v) is 4.64. The average molecular weight is 359 g/mol. The third-order valence-electron chi connectivity index (χ3n) is 2.44. The van der Waals surface area contributed by atoms with Crippen LogP contribution in [-0.2, 0) is 9.53 Å². The minimum absolute atomic E-state index is 0.0541. The summed E-state index contributed by atoms with van der Waals surface area (Å²) in [4.78, 5) is 11.6. The van der Waals surface area contributed by atoms with Crippen molar-refractivity contribution in [2.24, 2.45) is 0 Å². The Bertz CT molecular complexity index is 624. The van der Waals surface area contributed by atoms with E-state index in [1.165, 1.54) is 23.1 Å². The fourth-order valence-electron chi connectivity index (χ4n) is 1.48. The van der Waals surface area contributed by atoms with Crippen molar-refractivity contribution in [1.82, 2.24) is 15.5 Å². The number of hydrogen-bond acceptors (Lipinski definition) is 7. The lowest BCUT2D eigenvalue weighted by Crippen LogP contribution is -2.28. The molecule has 1 aromatic carbocycles. The van der Waals surface area contributed by atoms with Crippen LogP contribution in [-0.4, -0.2) is 42.1 Å². The first-order valence-corrected chi connectivity index (χ1v) is 8.60. The van der Waals surface area contributed by atoms with Crippen LogP contribution in [0.4, 0.5) is 10.8 Å². The summed E-state index contributed by atoms with van der Waals surface area (Å²) in [5.74, 6) is 0.247. The highest BCUT2D eigenvalue weighted by Crippen LogP contribution is 2.28. The van der Waals surface area contributed by atoms with Gasteiger partial charge in [0.2, 0.25) is 11.0 Å². The van der Waals surface area contributed by atoms with Crippen molar-refractivity contribution in [2.45, 2.75) is 4.34 Å². The molecule has 0 spiro atoms. The zero-order valence-electron chi connectivity index (χ0n) is 11.8. The number of thioether (sulfide) groups is 1. The van der Waals surface area contributed by atoms with E-state index >= 15 is 0 Å². The first kappa shape index (κ1) is 17.0. The van der Waals surface area contributed by atoms with Gasteiger partial charge in [-0.15, -0.1) is 10.2 Å². The zero-order valence-corrected chi connectivity index (χ0v) is 14.2. The maximum atomic E-state index is 11.6. The highest BCUT2D eigenvalue weighted by molar-refractivity contribution is 8.01. The predicted molar refractivity (Wildman–Crippen MR) is 90.3 cm³/mol. The molecule has 1 aromatic heterocycles. The molecular formula is C13H15ClN4O2S2. The molecule has 6 nitrogen and oxygen atoms in total. The number of carbonyl (C=O) groups is 1. The molecule has 0 aliphatic carbocycles. The first-order chi connectivity index (χ1) is 10.7. The van der Waals surface area contributed by atoms with Gasteiger partial charge in [0.1, 0.15) is 0 Å². The van der Waals surface area contributed by atoms with Gasteiger partial charge in [0, 0.05) is 24.4 Å². The van der Waals surface area contributed by atoms with Crippen molar-refractivity contribution in [1.29, 1.82) is 0 Å². The van der Waals surface area contributed by atoms with Gasteiger partial charge in [-0.2, -0.15) is 0 Å². The lowest BCUT2D eigenvalue weighted by Gasteiger charge is -2.02. The number of halogens is 1. The Morgan fingerprint density at radius 2 is 2.32 bits per heavy atom. The molecular weight excluding hydrogens is 344 g/mol. The summed E-state index contributed by atoms with van der Waals surface area (Å²) in [6, 6.07) is 7.35. The molecule has 0 aliphatic heterocycles. The molecule has 0 atom stereocenters. The van der Waals surface area contributed by atoms with Crippen molar-refractivity contribution in [3.05, 3.63) is 29.3 Å². The molecule has 1 amide bonds. The summed E-state index contributed by atoms with van der Waals surface area (Å²) in [6.45, 7) is 1.01. The minimum atomic E-state index is -0.0541. The summed E-state index contributed by atoms with van der Waals surface area (Å²) in [5, 5.41) is 15.3. The molecule has 0 fully saturated rings. The smallest absolute Gasteiger partial charge is 0.230 e. The average Bonchev–Trinajstić information content (AvgIpc) is 2.93. The standard InChI is InChI=1S/C13H15ClN4O2S2/c1-20-6-5-15-11(19)8-21-13-18-17-12(22-13)16-10-4-2-3-9(14)7-10/h2-4,7H,5-6,8H2,1H3,(H,15,19)(H,16,17). The van der Waals surface area contributed by atoms with Gasteiger partial charge in [-0.05, 0) is 18.2 Å². The molecule has 2 aromatic rings. The van der Waals surface area contributed by atoms with Crippen LogP contribution in [0.5, 0.6) is 0 Å².